The third kappa shape index (κ3) is 7.66. The Morgan fingerprint density at radius 2 is 1.54 bits per heavy atom. The van der Waals surface area contributed by atoms with Crippen molar-refractivity contribution in [1.82, 2.24) is 9.80 Å². The number of hydrogen-bond acceptors (Lipinski definition) is 7. The minimum atomic E-state index is -0.631. The Labute approximate surface area is 168 Å². The lowest BCUT2D eigenvalue weighted by molar-refractivity contribution is -0.158. The number of nitrogens with zero attached hydrogens (tertiary/aromatic N) is 2. The van der Waals surface area contributed by atoms with Gasteiger partial charge in [0.25, 0.3) is 0 Å². The molecule has 162 valence electrons. The highest BCUT2D eigenvalue weighted by Crippen LogP contribution is 2.26. The summed E-state index contributed by atoms with van der Waals surface area (Å²) in [6.07, 6.45) is -0.540. The second-order valence-corrected chi connectivity index (χ2v) is 9.59. The average molecular weight is 401 g/mol. The first-order valence-corrected chi connectivity index (χ1v) is 9.68. The van der Waals surface area contributed by atoms with Gasteiger partial charge >= 0.3 is 18.0 Å². The van der Waals surface area contributed by atoms with Gasteiger partial charge in [-0.3, -0.25) is 14.5 Å². The van der Waals surface area contributed by atoms with Gasteiger partial charge in [-0.1, -0.05) is 0 Å². The maximum atomic E-state index is 12.5. The van der Waals surface area contributed by atoms with Crippen LogP contribution in [0.1, 0.15) is 48.0 Å². The fourth-order valence-corrected chi connectivity index (χ4v) is 2.46. The molecular formula is C20H36N2O6. The zero-order valence-corrected chi connectivity index (χ0v) is 18.5. The predicted octanol–water partition coefficient (Wildman–Crippen LogP) is 2.31. The first-order chi connectivity index (χ1) is 12.7. The van der Waals surface area contributed by atoms with Crippen molar-refractivity contribution in [2.24, 2.45) is 10.8 Å². The van der Waals surface area contributed by atoms with Crippen molar-refractivity contribution < 1.29 is 28.6 Å². The Balaban J connectivity index is 2.77. The largest absolute Gasteiger partial charge is 0.463 e. The fourth-order valence-electron chi connectivity index (χ4n) is 2.46. The van der Waals surface area contributed by atoms with E-state index in [1.54, 1.807) is 41.5 Å². The summed E-state index contributed by atoms with van der Waals surface area (Å²) in [5, 5.41) is 0. The monoisotopic (exact) mass is 400 g/mol. The molecule has 1 fully saturated rings. The molecule has 0 aromatic heterocycles. The van der Waals surface area contributed by atoms with E-state index in [-0.39, 0.29) is 31.7 Å². The molecule has 0 saturated carbocycles. The topological polar surface area (TPSA) is 85.4 Å². The Morgan fingerprint density at radius 3 is 2.04 bits per heavy atom. The van der Waals surface area contributed by atoms with Crippen LogP contribution in [-0.4, -0.2) is 80.4 Å². The highest BCUT2D eigenvalue weighted by Gasteiger charge is 2.40. The summed E-state index contributed by atoms with van der Waals surface area (Å²) >= 11 is 0. The normalized spacial score (nSPS) is 20.2. The van der Waals surface area contributed by atoms with Crippen molar-refractivity contribution in [3.05, 3.63) is 0 Å². The molecule has 0 N–H and O–H groups in total. The molecule has 28 heavy (non-hydrogen) atoms. The molecule has 0 aromatic rings. The van der Waals surface area contributed by atoms with E-state index in [0.29, 0.717) is 13.0 Å². The second-order valence-electron chi connectivity index (χ2n) is 9.59. The third-order valence-electron chi connectivity index (χ3n) is 4.28. The zero-order chi connectivity index (χ0) is 21.7. The molecule has 1 saturated heterocycles. The molecule has 1 amide bonds. The van der Waals surface area contributed by atoms with Gasteiger partial charge in [0.1, 0.15) is 19.3 Å². The summed E-state index contributed by atoms with van der Waals surface area (Å²) in [4.78, 5) is 40.2. The molecule has 8 nitrogen and oxygen atoms in total. The molecule has 1 rings (SSSR count). The maximum Gasteiger partial charge on any atom is 0.410 e. The molecule has 8 heteroatoms. The smallest absolute Gasteiger partial charge is 0.410 e. The first-order valence-electron chi connectivity index (χ1n) is 9.68. The number of esters is 2. The summed E-state index contributed by atoms with van der Waals surface area (Å²) in [5.41, 5.74) is -1.26. The van der Waals surface area contributed by atoms with Crippen molar-refractivity contribution >= 4 is 18.0 Å². The average Bonchev–Trinajstić information content (AvgIpc) is 2.93. The number of rotatable bonds is 6. The second kappa shape index (κ2) is 9.58. The Kier molecular flexibility index (Phi) is 8.29. The van der Waals surface area contributed by atoms with Gasteiger partial charge in [-0.2, -0.15) is 0 Å². The fraction of sp³-hybridized carbons (Fsp3) is 0.850. The molecule has 0 aromatic carbocycles. The predicted molar refractivity (Wildman–Crippen MR) is 105 cm³/mol. The van der Waals surface area contributed by atoms with Crippen molar-refractivity contribution in [1.29, 1.82) is 0 Å². The van der Waals surface area contributed by atoms with E-state index in [0.717, 1.165) is 0 Å². The summed E-state index contributed by atoms with van der Waals surface area (Å²) in [7, 11) is 3.78. The minimum absolute atomic E-state index is 0.0441. The number of amides is 1. The van der Waals surface area contributed by atoms with Gasteiger partial charge in [-0.05, 0) is 55.6 Å². The maximum absolute atomic E-state index is 12.5. The molecule has 1 heterocycles. The summed E-state index contributed by atoms with van der Waals surface area (Å²) in [5.74, 6) is -0.672. The van der Waals surface area contributed by atoms with Crippen molar-refractivity contribution in [3.8, 4) is 0 Å². The van der Waals surface area contributed by atoms with E-state index >= 15 is 0 Å². The van der Waals surface area contributed by atoms with E-state index in [1.807, 2.05) is 19.0 Å². The van der Waals surface area contributed by atoms with Crippen LogP contribution < -0.4 is 0 Å². The van der Waals surface area contributed by atoms with Gasteiger partial charge in [0.2, 0.25) is 0 Å². The van der Waals surface area contributed by atoms with Gasteiger partial charge in [-0.25, -0.2) is 4.79 Å². The van der Waals surface area contributed by atoms with Gasteiger partial charge < -0.3 is 19.1 Å². The lowest BCUT2D eigenvalue weighted by Gasteiger charge is -2.25. The highest BCUT2D eigenvalue weighted by molar-refractivity contribution is 5.76. The lowest BCUT2D eigenvalue weighted by Crippen LogP contribution is -2.41. The van der Waals surface area contributed by atoms with E-state index in [1.165, 1.54) is 4.90 Å². The molecule has 2 atom stereocenters. The molecule has 0 spiro atoms. The number of likely N-dealkylation sites (tertiary alicyclic amines) is 1. The van der Waals surface area contributed by atoms with Crippen LogP contribution in [-0.2, 0) is 23.8 Å². The van der Waals surface area contributed by atoms with E-state index in [2.05, 4.69) is 0 Å². The summed E-state index contributed by atoms with van der Waals surface area (Å²) < 4.78 is 16.3. The van der Waals surface area contributed by atoms with Crippen LogP contribution in [0.2, 0.25) is 0 Å². The molecule has 1 aliphatic heterocycles. The van der Waals surface area contributed by atoms with Crippen LogP contribution in [0.4, 0.5) is 4.79 Å². The van der Waals surface area contributed by atoms with Gasteiger partial charge in [0.15, 0.2) is 0 Å². The summed E-state index contributed by atoms with van der Waals surface area (Å²) in [6, 6.07) is -0.393. The molecular weight excluding hydrogens is 364 g/mol. The third-order valence-corrected chi connectivity index (χ3v) is 4.28. The molecule has 1 aliphatic rings. The van der Waals surface area contributed by atoms with E-state index in [9.17, 15) is 14.4 Å². The number of hydrogen-bond donors (Lipinski definition) is 0. The Hall–Kier alpha value is -1.83. The van der Waals surface area contributed by atoms with Crippen LogP contribution in [0.5, 0.6) is 0 Å². The van der Waals surface area contributed by atoms with Crippen molar-refractivity contribution in [3.63, 3.8) is 0 Å². The number of ether oxygens (including phenoxy) is 3. The van der Waals surface area contributed by atoms with Gasteiger partial charge in [0.05, 0.1) is 23.4 Å². The Morgan fingerprint density at radius 1 is 0.964 bits per heavy atom. The quantitative estimate of drug-likeness (QED) is 0.499. The number of likely N-dealkylation sites (N-methyl/N-ethyl adjacent to an activating group) is 1. The number of carbonyl (C=O) groups excluding carboxylic acids is 3. The van der Waals surface area contributed by atoms with Gasteiger partial charge in [0, 0.05) is 13.0 Å². The molecule has 0 radical (unpaired) electrons. The van der Waals surface area contributed by atoms with Crippen LogP contribution >= 0.6 is 0 Å². The minimum Gasteiger partial charge on any atom is -0.463 e. The standard InChI is InChI=1S/C20H36N2O6/c1-19(2,3)16(23)27-13-14-11-15(28-17(24)20(4,5)6)12-22(14)18(25)26-10-9-21(7)8/h14-15H,9-13H2,1-8H3/t14-,15-/m0/s1. The SMILES string of the molecule is CN(C)CCOC(=O)N1C[C@@H](OC(=O)C(C)(C)C)C[C@H]1COC(=O)C(C)(C)C. The summed E-state index contributed by atoms with van der Waals surface area (Å²) in [6.45, 7) is 11.8. The van der Waals surface area contributed by atoms with E-state index in [4.69, 9.17) is 14.2 Å². The van der Waals surface area contributed by atoms with Crippen LogP contribution in [0, 0.1) is 10.8 Å². The van der Waals surface area contributed by atoms with Crippen molar-refractivity contribution in [2.45, 2.75) is 60.1 Å². The molecule has 0 aliphatic carbocycles. The van der Waals surface area contributed by atoms with Crippen LogP contribution in [0.15, 0.2) is 0 Å². The molecule has 0 unspecified atom stereocenters. The van der Waals surface area contributed by atoms with E-state index < -0.39 is 29.1 Å². The Bertz CT molecular complexity index is 562. The van der Waals surface area contributed by atoms with Crippen LogP contribution in [0.25, 0.3) is 0 Å². The van der Waals surface area contributed by atoms with Crippen LogP contribution in [0.3, 0.4) is 0 Å². The number of carbonyl (C=O) groups is 3. The first kappa shape index (κ1) is 24.2. The lowest BCUT2D eigenvalue weighted by atomic mass is 9.97. The highest BCUT2D eigenvalue weighted by atomic mass is 16.6. The molecule has 0 bridgehead atoms. The zero-order valence-electron chi connectivity index (χ0n) is 18.5. The van der Waals surface area contributed by atoms with Gasteiger partial charge in [-0.15, -0.1) is 0 Å². The van der Waals surface area contributed by atoms with Crippen molar-refractivity contribution in [2.75, 3.05) is 40.4 Å².